The Morgan fingerprint density at radius 2 is 1.18 bits per heavy atom. The van der Waals surface area contributed by atoms with E-state index in [1.807, 2.05) is 0 Å². The molecule has 0 saturated carbocycles. The molecule has 0 saturated heterocycles. The molecule has 0 spiro atoms. The molecule has 0 fully saturated rings. The number of benzene rings is 1. The summed E-state index contributed by atoms with van der Waals surface area (Å²) in [6, 6.07) is 5.08. The van der Waals surface area contributed by atoms with Crippen molar-refractivity contribution in [3.8, 4) is 0 Å². The Labute approximate surface area is 123 Å². The minimum absolute atomic E-state index is 0.760. The number of carbonyl (C=O) groups is 2. The summed E-state index contributed by atoms with van der Waals surface area (Å²) in [6.45, 7) is 0. The number of alkyl halides is 6. The second kappa shape index (κ2) is 6.18. The van der Waals surface area contributed by atoms with Crippen LogP contribution in [0.1, 0.15) is 0 Å². The van der Waals surface area contributed by atoms with Crippen molar-refractivity contribution in [3.63, 3.8) is 0 Å². The van der Waals surface area contributed by atoms with Gasteiger partial charge in [-0.1, -0.05) is 0 Å². The number of rotatable bonds is 3. The molecule has 0 amide bonds. The van der Waals surface area contributed by atoms with Crippen LogP contribution < -0.4 is 0 Å². The van der Waals surface area contributed by atoms with Gasteiger partial charge in [0.2, 0.25) is 0 Å². The van der Waals surface area contributed by atoms with E-state index in [9.17, 15) is 39.0 Å². The summed E-state index contributed by atoms with van der Waals surface area (Å²) in [5.74, 6) is -6.06. The summed E-state index contributed by atoms with van der Waals surface area (Å²) in [5, 5.41) is 0. The first-order chi connectivity index (χ1) is 9.86. The van der Waals surface area contributed by atoms with Gasteiger partial charge >= 0.3 is 123 Å². The molecule has 1 aromatic rings. The molecule has 0 atom stereocenters. The molecule has 0 aliphatic rings. The van der Waals surface area contributed by atoms with Gasteiger partial charge in [0.05, 0.1) is 0 Å². The standard InChI is InChI=1S/C10H5F6IO5/c11-9(12,13)7(18)21-17(20,6-4-2-1-3-5-6)22-8(19)10(14,15)16/h1-5H. The van der Waals surface area contributed by atoms with Crippen LogP contribution in [0, 0.1) is 3.57 Å². The van der Waals surface area contributed by atoms with Gasteiger partial charge in [-0.3, -0.25) is 0 Å². The van der Waals surface area contributed by atoms with Crippen LogP contribution in [-0.4, -0.2) is 24.3 Å². The van der Waals surface area contributed by atoms with Crippen molar-refractivity contribution < 1.29 is 45.1 Å². The van der Waals surface area contributed by atoms with Gasteiger partial charge in [-0.15, -0.1) is 0 Å². The summed E-state index contributed by atoms with van der Waals surface area (Å²) in [7, 11) is 0. The Morgan fingerprint density at radius 3 is 1.50 bits per heavy atom. The number of halogens is 7. The third-order valence-electron chi connectivity index (χ3n) is 1.81. The van der Waals surface area contributed by atoms with Gasteiger partial charge in [0.25, 0.3) is 0 Å². The van der Waals surface area contributed by atoms with Gasteiger partial charge in [-0.2, -0.15) is 0 Å². The maximum absolute atomic E-state index is 12.1. The summed E-state index contributed by atoms with van der Waals surface area (Å²) in [5.41, 5.74) is 0. The second-order valence-corrected chi connectivity index (χ2v) is 7.97. The number of hydrogen-bond donors (Lipinski definition) is 0. The maximum atomic E-state index is 12.1. The van der Waals surface area contributed by atoms with Crippen molar-refractivity contribution in [3.05, 3.63) is 33.9 Å². The Balaban J connectivity index is 3.20. The van der Waals surface area contributed by atoms with Crippen LogP contribution in [-0.2, 0) is 18.8 Å². The Kier molecular flexibility index (Phi) is 5.14. The first-order valence-electron chi connectivity index (χ1n) is 5.01. The third-order valence-corrected chi connectivity index (χ3v) is 6.01. The van der Waals surface area contributed by atoms with Gasteiger partial charge in [-0.25, -0.2) is 0 Å². The molecule has 0 heterocycles. The van der Waals surface area contributed by atoms with Crippen molar-refractivity contribution in [1.29, 1.82) is 0 Å². The quantitative estimate of drug-likeness (QED) is 0.527. The van der Waals surface area contributed by atoms with E-state index in [4.69, 9.17) is 0 Å². The second-order valence-electron chi connectivity index (χ2n) is 3.44. The van der Waals surface area contributed by atoms with Gasteiger partial charge in [-0.05, 0) is 0 Å². The molecular weight excluding hydrogens is 441 g/mol. The molecule has 0 aromatic heterocycles. The van der Waals surface area contributed by atoms with E-state index < -0.39 is 47.1 Å². The Hall–Kier alpha value is -1.73. The fraction of sp³-hybridized carbons (Fsp3) is 0.200. The Morgan fingerprint density at radius 1 is 0.818 bits per heavy atom. The van der Waals surface area contributed by atoms with Crippen LogP contribution in [0.25, 0.3) is 0 Å². The van der Waals surface area contributed by atoms with Gasteiger partial charge < -0.3 is 0 Å². The summed E-state index contributed by atoms with van der Waals surface area (Å²) >= 11 is -6.37. The van der Waals surface area contributed by atoms with Crippen LogP contribution in [0.15, 0.2) is 30.3 Å². The summed E-state index contributed by atoms with van der Waals surface area (Å²) in [4.78, 5) is 21.4. The van der Waals surface area contributed by atoms with Crippen LogP contribution in [0.2, 0.25) is 0 Å². The molecule has 1 rings (SSSR count). The zero-order valence-electron chi connectivity index (χ0n) is 10.1. The van der Waals surface area contributed by atoms with E-state index in [0.717, 1.165) is 24.3 Å². The van der Waals surface area contributed by atoms with Crippen LogP contribution in [0.4, 0.5) is 26.3 Å². The average molecular weight is 446 g/mol. The van der Waals surface area contributed by atoms with E-state index in [-0.39, 0.29) is 0 Å². The van der Waals surface area contributed by atoms with Crippen molar-refractivity contribution in [1.82, 2.24) is 0 Å². The van der Waals surface area contributed by atoms with E-state index in [0.29, 0.717) is 0 Å². The molecule has 0 unspecified atom stereocenters. The van der Waals surface area contributed by atoms with Crippen molar-refractivity contribution in [2.75, 3.05) is 0 Å². The molecule has 0 radical (unpaired) electrons. The molecule has 0 aliphatic carbocycles. The fourth-order valence-corrected chi connectivity index (χ4v) is 4.39. The zero-order chi connectivity index (χ0) is 17.2. The number of hydrogen-bond acceptors (Lipinski definition) is 5. The van der Waals surface area contributed by atoms with Crippen LogP contribution in [0.3, 0.4) is 0 Å². The number of carbonyl (C=O) groups excluding carboxylic acids is 2. The Bertz CT molecular complexity index is 576. The SMILES string of the molecule is O=C(OI(=O)(OC(=O)C(F)(F)F)c1ccccc1)C(F)(F)F. The van der Waals surface area contributed by atoms with Gasteiger partial charge in [0.15, 0.2) is 0 Å². The summed E-state index contributed by atoms with van der Waals surface area (Å²) < 4.78 is 91.2. The zero-order valence-corrected chi connectivity index (χ0v) is 12.2. The van der Waals surface area contributed by atoms with Crippen molar-refractivity contribution in [2.45, 2.75) is 12.4 Å². The molecule has 0 N–H and O–H groups in total. The minimum atomic E-state index is -6.37. The normalized spacial score (nSPS) is 13.4. The van der Waals surface area contributed by atoms with Crippen molar-refractivity contribution in [2.24, 2.45) is 0 Å². The first-order valence-corrected chi connectivity index (χ1v) is 8.73. The van der Waals surface area contributed by atoms with E-state index in [1.54, 1.807) is 0 Å². The fourth-order valence-electron chi connectivity index (χ4n) is 0.946. The van der Waals surface area contributed by atoms with Crippen LogP contribution >= 0.6 is 19.3 Å². The molecule has 0 aliphatic heterocycles. The van der Waals surface area contributed by atoms with E-state index >= 15 is 0 Å². The first kappa shape index (κ1) is 18.3. The van der Waals surface area contributed by atoms with Crippen molar-refractivity contribution >= 4 is 31.2 Å². The van der Waals surface area contributed by atoms with Gasteiger partial charge in [0.1, 0.15) is 0 Å². The predicted molar refractivity (Wildman–Crippen MR) is 64.1 cm³/mol. The third kappa shape index (κ3) is 4.64. The average Bonchev–Trinajstić information content (AvgIpc) is 2.37. The molecule has 0 bridgehead atoms. The molecule has 12 heteroatoms. The molecule has 1 aromatic carbocycles. The monoisotopic (exact) mass is 446 g/mol. The topological polar surface area (TPSA) is 69.7 Å². The van der Waals surface area contributed by atoms with Crippen LogP contribution in [0.5, 0.6) is 0 Å². The molecule has 22 heavy (non-hydrogen) atoms. The summed E-state index contributed by atoms with van der Waals surface area (Å²) in [6.07, 6.45) is -11.3. The molecule has 124 valence electrons. The van der Waals surface area contributed by atoms with E-state index in [1.165, 1.54) is 6.07 Å². The predicted octanol–water partition coefficient (Wildman–Crippen LogP) is 3.28. The molecule has 5 nitrogen and oxygen atoms in total. The van der Waals surface area contributed by atoms with Gasteiger partial charge in [0, 0.05) is 0 Å². The molecular formula is C10H5F6IO5. The van der Waals surface area contributed by atoms with E-state index in [2.05, 4.69) is 6.13 Å².